The molecule has 4 aromatic rings. The summed E-state index contributed by atoms with van der Waals surface area (Å²) in [6, 6.07) is 19.1. The number of pyridine rings is 1. The van der Waals surface area contributed by atoms with Crippen LogP contribution >= 0.6 is 0 Å². The van der Waals surface area contributed by atoms with Crippen molar-refractivity contribution in [2.45, 2.75) is 19.8 Å². The summed E-state index contributed by atoms with van der Waals surface area (Å²) in [5.41, 5.74) is 9.20. The van der Waals surface area contributed by atoms with Crippen LogP contribution in [0.1, 0.15) is 28.8 Å². The number of carbonyl (C=O) groups excluding carboxylic acids is 2. The zero-order valence-corrected chi connectivity index (χ0v) is 19.4. The Labute approximate surface area is 203 Å². The number of carbonyl (C=O) groups is 2. The fraction of sp³-hybridized carbons (Fsp3) is 0.222. The number of anilines is 1. The quantitative estimate of drug-likeness (QED) is 0.445. The number of hydrazine groups is 1. The molecule has 1 aliphatic rings. The molecular weight excluding hydrogens is 440 g/mol. The van der Waals surface area contributed by atoms with Crippen molar-refractivity contribution in [2.75, 3.05) is 18.0 Å². The van der Waals surface area contributed by atoms with E-state index in [4.69, 9.17) is 4.98 Å². The first-order valence-electron chi connectivity index (χ1n) is 11.7. The van der Waals surface area contributed by atoms with Gasteiger partial charge in [0.2, 0.25) is 11.9 Å². The van der Waals surface area contributed by atoms with Crippen LogP contribution in [-0.4, -0.2) is 39.9 Å². The lowest BCUT2D eigenvalue weighted by Crippen LogP contribution is -2.47. The number of nitrogens with zero attached hydrogens (tertiary/aromatic N) is 4. The summed E-state index contributed by atoms with van der Waals surface area (Å²) in [6.45, 7) is 3.40. The zero-order chi connectivity index (χ0) is 24.2. The molecule has 3 heterocycles. The molecule has 1 fully saturated rings. The van der Waals surface area contributed by atoms with Gasteiger partial charge in [-0.2, -0.15) is 0 Å². The molecule has 35 heavy (non-hydrogen) atoms. The third-order valence-electron chi connectivity index (χ3n) is 6.31. The highest BCUT2D eigenvalue weighted by Gasteiger charge is 2.26. The van der Waals surface area contributed by atoms with Crippen LogP contribution in [0.4, 0.5) is 5.95 Å². The van der Waals surface area contributed by atoms with E-state index in [1.54, 1.807) is 24.5 Å². The number of piperidine rings is 1. The maximum absolute atomic E-state index is 13.1. The maximum atomic E-state index is 13.1. The highest BCUT2D eigenvalue weighted by molar-refractivity contribution is 6.07. The van der Waals surface area contributed by atoms with Crippen LogP contribution in [0.15, 0.2) is 73.1 Å². The van der Waals surface area contributed by atoms with Gasteiger partial charge in [0.15, 0.2) is 0 Å². The molecule has 0 spiro atoms. The van der Waals surface area contributed by atoms with Gasteiger partial charge in [-0.25, -0.2) is 15.0 Å². The van der Waals surface area contributed by atoms with Gasteiger partial charge in [0, 0.05) is 42.4 Å². The molecule has 2 N–H and O–H groups in total. The van der Waals surface area contributed by atoms with E-state index in [-0.39, 0.29) is 17.7 Å². The Bertz CT molecular complexity index is 1350. The lowest BCUT2D eigenvalue weighted by Gasteiger charge is -2.31. The summed E-state index contributed by atoms with van der Waals surface area (Å²) >= 11 is 0. The zero-order valence-electron chi connectivity index (χ0n) is 19.4. The molecule has 5 rings (SSSR count). The molecule has 8 nitrogen and oxygen atoms in total. The minimum atomic E-state index is -0.375. The van der Waals surface area contributed by atoms with Crippen molar-refractivity contribution in [1.82, 2.24) is 25.8 Å². The highest BCUT2D eigenvalue weighted by Crippen LogP contribution is 2.25. The molecule has 0 unspecified atom stereocenters. The van der Waals surface area contributed by atoms with Gasteiger partial charge in [-0.05, 0) is 38.0 Å². The Morgan fingerprint density at radius 3 is 2.37 bits per heavy atom. The average molecular weight is 467 g/mol. The van der Waals surface area contributed by atoms with E-state index >= 15 is 0 Å². The van der Waals surface area contributed by atoms with Crippen LogP contribution in [0.3, 0.4) is 0 Å². The normalized spacial score (nSPS) is 14.0. The molecule has 0 radical (unpaired) electrons. The standard InChI is InChI=1S/C27H26N6O2/c1-18-7-9-19(10-8-18)24-17-22(21-5-2-3-6-23(21)30-24)26(35)32-31-25(34)20-11-15-33(16-12-20)27-28-13-4-14-29-27/h2-10,13-14,17,20H,11-12,15-16H2,1H3,(H,31,34)(H,32,35). The SMILES string of the molecule is Cc1ccc(-c2cc(C(=O)NNC(=O)C3CCN(c4ncccn4)CC3)c3ccccc3n2)cc1. The summed E-state index contributed by atoms with van der Waals surface area (Å²) < 4.78 is 0. The lowest BCUT2D eigenvalue weighted by atomic mass is 9.96. The van der Waals surface area contributed by atoms with E-state index in [1.165, 1.54) is 0 Å². The second-order valence-corrected chi connectivity index (χ2v) is 8.69. The third-order valence-corrected chi connectivity index (χ3v) is 6.31. The third kappa shape index (κ3) is 4.96. The van der Waals surface area contributed by atoms with Crippen LogP contribution in [0.25, 0.3) is 22.2 Å². The van der Waals surface area contributed by atoms with Crippen LogP contribution < -0.4 is 15.8 Å². The van der Waals surface area contributed by atoms with E-state index in [0.29, 0.717) is 43.1 Å². The summed E-state index contributed by atoms with van der Waals surface area (Å²) in [5.74, 6) is -0.0781. The predicted molar refractivity (Wildman–Crippen MR) is 134 cm³/mol. The van der Waals surface area contributed by atoms with Gasteiger partial charge in [0.25, 0.3) is 5.91 Å². The van der Waals surface area contributed by atoms with Crippen molar-refractivity contribution in [3.63, 3.8) is 0 Å². The number of aromatic nitrogens is 3. The fourth-order valence-electron chi connectivity index (χ4n) is 4.32. The molecular formula is C27H26N6O2. The van der Waals surface area contributed by atoms with Crippen molar-refractivity contribution in [1.29, 1.82) is 0 Å². The first-order valence-corrected chi connectivity index (χ1v) is 11.7. The van der Waals surface area contributed by atoms with Crippen LogP contribution in [0, 0.1) is 12.8 Å². The number of amides is 2. The molecule has 2 aromatic heterocycles. The van der Waals surface area contributed by atoms with E-state index in [9.17, 15) is 9.59 Å². The molecule has 1 saturated heterocycles. The van der Waals surface area contributed by atoms with Crippen LogP contribution in [0.2, 0.25) is 0 Å². The molecule has 176 valence electrons. The maximum Gasteiger partial charge on any atom is 0.270 e. The van der Waals surface area contributed by atoms with E-state index < -0.39 is 0 Å². The fourth-order valence-corrected chi connectivity index (χ4v) is 4.32. The summed E-state index contributed by atoms with van der Waals surface area (Å²) in [6.07, 6.45) is 4.75. The smallest absolute Gasteiger partial charge is 0.270 e. The number of rotatable bonds is 4. The average Bonchev–Trinajstić information content (AvgIpc) is 2.92. The Balaban J connectivity index is 1.27. The summed E-state index contributed by atoms with van der Waals surface area (Å²) in [5, 5.41) is 0.728. The minimum absolute atomic E-state index is 0.187. The Hall–Kier alpha value is -4.33. The molecule has 0 atom stereocenters. The van der Waals surface area contributed by atoms with Crippen molar-refractivity contribution in [2.24, 2.45) is 5.92 Å². The first-order chi connectivity index (χ1) is 17.1. The minimum Gasteiger partial charge on any atom is -0.341 e. The molecule has 0 aliphatic carbocycles. The summed E-state index contributed by atoms with van der Waals surface area (Å²) in [4.78, 5) is 41.3. The molecule has 0 saturated carbocycles. The van der Waals surface area contributed by atoms with E-state index in [1.807, 2.05) is 55.5 Å². The van der Waals surface area contributed by atoms with Gasteiger partial charge in [-0.15, -0.1) is 0 Å². The number of benzene rings is 2. The molecule has 2 amide bonds. The number of fused-ring (bicyclic) bond motifs is 1. The lowest BCUT2D eigenvalue weighted by molar-refractivity contribution is -0.126. The number of para-hydroxylation sites is 1. The van der Waals surface area contributed by atoms with Crippen molar-refractivity contribution >= 4 is 28.7 Å². The second kappa shape index (κ2) is 9.89. The van der Waals surface area contributed by atoms with E-state index in [2.05, 4.69) is 25.7 Å². The molecule has 2 aromatic carbocycles. The Kier molecular flexibility index (Phi) is 6.34. The monoisotopic (exact) mass is 466 g/mol. The Morgan fingerprint density at radius 2 is 1.63 bits per heavy atom. The van der Waals surface area contributed by atoms with E-state index in [0.717, 1.165) is 22.0 Å². The van der Waals surface area contributed by atoms with Gasteiger partial charge >= 0.3 is 0 Å². The molecule has 0 bridgehead atoms. The molecule has 1 aliphatic heterocycles. The van der Waals surface area contributed by atoms with Crippen molar-refractivity contribution in [3.05, 3.63) is 84.2 Å². The van der Waals surface area contributed by atoms with Crippen molar-refractivity contribution in [3.8, 4) is 11.3 Å². The first kappa shape index (κ1) is 22.5. The van der Waals surface area contributed by atoms with Crippen LogP contribution in [-0.2, 0) is 4.79 Å². The second-order valence-electron chi connectivity index (χ2n) is 8.69. The van der Waals surface area contributed by atoms with Gasteiger partial charge < -0.3 is 4.90 Å². The summed E-state index contributed by atoms with van der Waals surface area (Å²) in [7, 11) is 0. The topological polar surface area (TPSA) is 100 Å². The number of hydrogen-bond donors (Lipinski definition) is 2. The van der Waals surface area contributed by atoms with Crippen LogP contribution in [0.5, 0.6) is 0 Å². The van der Waals surface area contributed by atoms with Gasteiger partial charge in [0.1, 0.15) is 0 Å². The predicted octanol–water partition coefficient (Wildman–Crippen LogP) is 3.68. The number of aryl methyl sites for hydroxylation is 1. The largest absolute Gasteiger partial charge is 0.341 e. The van der Waals surface area contributed by atoms with Gasteiger partial charge in [-0.3, -0.25) is 20.4 Å². The highest BCUT2D eigenvalue weighted by atomic mass is 16.2. The van der Waals surface area contributed by atoms with Gasteiger partial charge in [0.05, 0.1) is 16.8 Å². The number of hydrogen-bond acceptors (Lipinski definition) is 6. The molecule has 8 heteroatoms. The van der Waals surface area contributed by atoms with Gasteiger partial charge in [-0.1, -0.05) is 48.0 Å². The Morgan fingerprint density at radius 1 is 0.914 bits per heavy atom. The van der Waals surface area contributed by atoms with Crippen molar-refractivity contribution < 1.29 is 9.59 Å². The number of nitrogens with one attached hydrogen (secondary N) is 2.